The first kappa shape index (κ1) is 20.7. The second-order valence-corrected chi connectivity index (χ2v) is 8.37. The quantitative estimate of drug-likeness (QED) is 0.614. The molecule has 0 spiro atoms. The van der Waals surface area contributed by atoms with Crippen LogP contribution in [0.4, 0.5) is 16.0 Å². The lowest BCUT2D eigenvalue weighted by atomic mass is 10.1. The lowest BCUT2D eigenvalue weighted by Crippen LogP contribution is -2.47. The number of ether oxygens (including phenoxy) is 1. The SMILES string of the molecule is COc1ccc(N2CCN(c3ncc4c(n3)CCN(Cc3ccccc3F)C4)CC2)cc1. The third-order valence-corrected chi connectivity index (χ3v) is 6.35. The number of hydrogen-bond donors (Lipinski definition) is 0. The van der Waals surface area contributed by atoms with Gasteiger partial charge < -0.3 is 14.5 Å². The van der Waals surface area contributed by atoms with Crippen molar-refractivity contribution in [2.24, 2.45) is 0 Å². The van der Waals surface area contributed by atoms with E-state index in [0.29, 0.717) is 6.54 Å². The van der Waals surface area contributed by atoms with Crippen molar-refractivity contribution in [3.8, 4) is 5.75 Å². The Morgan fingerprint density at radius 3 is 2.44 bits per heavy atom. The number of rotatable bonds is 5. The number of benzene rings is 2. The minimum atomic E-state index is -0.140. The molecule has 0 radical (unpaired) electrons. The van der Waals surface area contributed by atoms with Crippen molar-refractivity contribution >= 4 is 11.6 Å². The number of fused-ring (bicyclic) bond motifs is 1. The maximum atomic E-state index is 14.0. The summed E-state index contributed by atoms with van der Waals surface area (Å²) < 4.78 is 19.3. The Balaban J connectivity index is 1.20. The number of piperazine rings is 1. The van der Waals surface area contributed by atoms with Gasteiger partial charge in [0, 0.05) is 75.2 Å². The van der Waals surface area contributed by atoms with E-state index in [1.165, 1.54) is 11.8 Å². The maximum absolute atomic E-state index is 14.0. The Labute approximate surface area is 188 Å². The highest BCUT2D eigenvalue weighted by molar-refractivity contribution is 5.51. The standard InChI is InChI=1S/C25H28FN5O/c1-32-22-8-6-21(7-9-22)30-12-14-31(15-13-30)25-27-16-20-18-29(11-10-24(20)28-25)17-19-4-2-3-5-23(19)26/h2-9,16H,10-15,17-18H2,1H3. The van der Waals surface area contributed by atoms with Gasteiger partial charge in [-0.25, -0.2) is 14.4 Å². The van der Waals surface area contributed by atoms with E-state index in [4.69, 9.17) is 9.72 Å². The number of hydrogen-bond acceptors (Lipinski definition) is 6. The highest BCUT2D eigenvalue weighted by Crippen LogP contribution is 2.24. The van der Waals surface area contributed by atoms with Gasteiger partial charge in [0.2, 0.25) is 5.95 Å². The van der Waals surface area contributed by atoms with Gasteiger partial charge in [-0.3, -0.25) is 4.90 Å². The number of nitrogens with zero attached hydrogens (tertiary/aromatic N) is 5. The van der Waals surface area contributed by atoms with Gasteiger partial charge in [-0.15, -0.1) is 0 Å². The summed E-state index contributed by atoms with van der Waals surface area (Å²) in [7, 11) is 1.69. The lowest BCUT2D eigenvalue weighted by molar-refractivity contribution is 0.239. The summed E-state index contributed by atoms with van der Waals surface area (Å²) >= 11 is 0. The second-order valence-electron chi connectivity index (χ2n) is 8.37. The molecular formula is C25H28FN5O. The van der Waals surface area contributed by atoms with Gasteiger partial charge in [0.15, 0.2) is 0 Å². The fourth-order valence-corrected chi connectivity index (χ4v) is 4.48. The summed E-state index contributed by atoms with van der Waals surface area (Å²) in [4.78, 5) is 16.5. The zero-order valence-electron chi connectivity index (χ0n) is 18.4. The first-order chi connectivity index (χ1) is 15.7. The van der Waals surface area contributed by atoms with Gasteiger partial charge in [0.05, 0.1) is 12.8 Å². The van der Waals surface area contributed by atoms with Gasteiger partial charge in [0.1, 0.15) is 11.6 Å². The molecule has 0 amide bonds. The average Bonchev–Trinajstić information content (AvgIpc) is 2.85. The highest BCUT2D eigenvalue weighted by Gasteiger charge is 2.23. The number of anilines is 2. The summed E-state index contributed by atoms with van der Waals surface area (Å²) in [5, 5.41) is 0. The van der Waals surface area contributed by atoms with Crippen molar-refractivity contribution < 1.29 is 9.13 Å². The first-order valence-electron chi connectivity index (χ1n) is 11.1. The Bertz CT molecular complexity index is 1070. The normalized spacial score (nSPS) is 16.7. The molecule has 5 rings (SSSR count). The summed E-state index contributed by atoms with van der Waals surface area (Å²) in [6, 6.07) is 15.2. The van der Waals surface area contributed by atoms with Crippen molar-refractivity contribution in [1.29, 1.82) is 0 Å². The molecule has 7 heteroatoms. The van der Waals surface area contributed by atoms with Crippen molar-refractivity contribution in [2.75, 3.05) is 49.6 Å². The molecule has 2 aliphatic rings. The summed E-state index contributed by atoms with van der Waals surface area (Å²) in [5.74, 6) is 1.56. The number of aromatic nitrogens is 2. The maximum Gasteiger partial charge on any atom is 0.225 e. The smallest absolute Gasteiger partial charge is 0.225 e. The molecule has 1 fully saturated rings. The van der Waals surface area contributed by atoms with E-state index in [0.717, 1.165) is 74.2 Å². The molecule has 32 heavy (non-hydrogen) atoms. The van der Waals surface area contributed by atoms with Gasteiger partial charge in [0.25, 0.3) is 0 Å². The van der Waals surface area contributed by atoms with Crippen LogP contribution in [0.25, 0.3) is 0 Å². The molecule has 2 aromatic carbocycles. The topological polar surface area (TPSA) is 44.7 Å². The number of methoxy groups -OCH3 is 1. The molecule has 0 bridgehead atoms. The van der Waals surface area contributed by atoms with Crippen LogP contribution in [0.2, 0.25) is 0 Å². The second kappa shape index (κ2) is 9.12. The predicted octanol–water partition coefficient (Wildman–Crippen LogP) is 3.51. The fraction of sp³-hybridized carbons (Fsp3) is 0.360. The van der Waals surface area contributed by atoms with E-state index in [1.54, 1.807) is 13.2 Å². The van der Waals surface area contributed by atoms with Crippen LogP contribution in [0, 0.1) is 5.82 Å². The zero-order chi connectivity index (χ0) is 21.9. The largest absolute Gasteiger partial charge is 0.497 e. The van der Waals surface area contributed by atoms with Crippen LogP contribution in [0.5, 0.6) is 5.75 Å². The van der Waals surface area contributed by atoms with E-state index in [2.05, 4.69) is 31.8 Å². The minimum Gasteiger partial charge on any atom is -0.497 e. The van der Waals surface area contributed by atoms with Gasteiger partial charge in [-0.1, -0.05) is 18.2 Å². The van der Waals surface area contributed by atoms with Crippen molar-refractivity contribution in [2.45, 2.75) is 19.5 Å². The molecule has 0 unspecified atom stereocenters. The Morgan fingerprint density at radius 2 is 1.69 bits per heavy atom. The predicted molar refractivity (Wildman–Crippen MR) is 124 cm³/mol. The van der Waals surface area contributed by atoms with E-state index in [1.807, 2.05) is 30.5 Å². The van der Waals surface area contributed by atoms with E-state index in [9.17, 15) is 4.39 Å². The third kappa shape index (κ3) is 4.39. The molecule has 166 valence electrons. The molecule has 0 saturated carbocycles. The Kier molecular flexibility index (Phi) is 5.90. The number of halogens is 1. The van der Waals surface area contributed by atoms with Crippen LogP contribution < -0.4 is 14.5 Å². The van der Waals surface area contributed by atoms with E-state index in [-0.39, 0.29) is 5.82 Å². The van der Waals surface area contributed by atoms with Crippen LogP contribution in [-0.2, 0) is 19.5 Å². The Morgan fingerprint density at radius 1 is 0.938 bits per heavy atom. The van der Waals surface area contributed by atoms with Gasteiger partial charge in [-0.2, -0.15) is 0 Å². The third-order valence-electron chi connectivity index (χ3n) is 6.35. The molecule has 2 aliphatic heterocycles. The molecule has 3 heterocycles. The van der Waals surface area contributed by atoms with Crippen molar-refractivity contribution in [3.05, 3.63) is 77.4 Å². The van der Waals surface area contributed by atoms with Crippen LogP contribution in [-0.4, -0.2) is 54.7 Å². The summed E-state index contributed by atoms with van der Waals surface area (Å²) in [6.45, 7) is 5.90. The molecule has 1 saturated heterocycles. The monoisotopic (exact) mass is 433 g/mol. The molecular weight excluding hydrogens is 405 g/mol. The van der Waals surface area contributed by atoms with Crippen LogP contribution >= 0.6 is 0 Å². The molecule has 6 nitrogen and oxygen atoms in total. The molecule has 1 aromatic heterocycles. The summed E-state index contributed by atoms with van der Waals surface area (Å²) in [5.41, 5.74) is 4.22. The molecule has 0 N–H and O–H groups in total. The van der Waals surface area contributed by atoms with Crippen molar-refractivity contribution in [1.82, 2.24) is 14.9 Å². The van der Waals surface area contributed by atoms with Crippen LogP contribution in [0.1, 0.15) is 16.8 Å². The van der Waals surface area contributed by atoms with Gasteiger partial charge in [-0.05, 0) is 30.3 Å². The van der Waals surface area contributed by atoms with Gasteiger partial charge >= 0.3 is 0 Å². The van der Waals surface area contributed by atoms with Crippen LogP contribution in [0.3, 0.4) is 0 Å². The molecule has 0 atom stereocenters. The molecule has 3 aromatic rings. The van der Waals surface area contributed by atoms with Crippen molar-refractivity contribution in [3.63, 3.8) is 0 Å². The fourth-order valence-electron chi connectivity index (χ4n) is 4.48. The Hall–Kier alpha value is -3.19. The average molecular weight is 434 g/mol. The van der Waals surface area contributed by atoms with Crippen LogP contribution in [0.15, 0.2) is 54.7 Å². The highest BCUT2D eigenvalue weighted by atomic mass is 19.1. The lowest BCUT2D eigenvalue weighted by Gasteiger charge is -2.36. The zero-order valence-corrected chi connectivity index (χ0v) is 18.4. The minimum absolute atomic E-state index is 0.140. The first-order valence-corrected chi connectivity index (χ1v) is 11.1. The summed E-state index contributed by atoms with van der Waals surface area (Å²) in [6.07, 6.45) is 2.83. The van der Waals surface area contributed by atoms with E-state index < -0.39 is 0 Å². The van der Waals surface area contributed by atoms with E-state index >= 15 is 0 Å². The molecule has 0 aliphatic carbocycles.